The monoisotopic (exact) mass is 383 g/mol. The molecule has 0 spiro atoms. The molecular weight excluding hydrogens is 350 g/mol. The number of nitrogens with zero attached hydrogens (tertiary/aromatic N) is 4. The number of amides is 2. The van der Waals surface area contributed by atoms with Crippen LogP contribution >= 0.6 is 0 Å². The molecule has 0 saturated carbocycles. The van der Waals surface area contributed by atoms with E-state index < -0.39 is 0 Å². The van der Waals surface area contributed by atoms with Crippen LogP contribution in [0.3, 0.4) is 0 Å². The molecule has 152 valence electrons. The van der Waals surface area contributed by atoms with Crippen molar-refractivity contribution in [2.24, 2.45) is 0 Å². The fraction of sp³-hybridized carbons (Fsp3) is 0.545. The molecule has 0 aliphatic carbocycles. The number of imidazole rings is 1. The third-order valence-corrected chi connectivity index (χ3v) is 5.53. The van der Waals surface area contributed by atoms with E-state index in [2.05, 4.69) is 57.0 Å². The van der Waals surface area contributed by atoms with Gasteiger partial charge in [-0.3, -0.25) is 0 Å². The molecule has 1 aliphatic rings. The molecule has 6 nitrogen and oxygen atoms in total. The highest BCUT2D eigenvalue weighted by Gasteiger charge is 2.18. The van der Waals surface area contributed by atoms with E-state index in [0.29, 0.717) is 12.6 Å². The van der Waals surface area contributed by atoms with Gasteiger partial charge in [-0.05, 0) is 51.3 Å². The lowest BCUT2D eigenvalue weighted by Gasteiger charge is -2.23. The van der Waals surface area contributed by atoms with Gasteiger partial charge in [-0.15, -0.1) is 0 Å². The Kier molecular flexibility index (Phi) is 7.91. The van der Waals surface area contributed by atoms with Crippen molar-refractivity contribution in [3.05, 3.63) is 54.6 Å². The highest BCUT2D eigenvalue weighted by Crippen LogP contribution is 2.10. The van der Waals surface area contributed by atoms with Gasteiger partial charge in [0.2, 0.25) is 0 Å². The Bertz CT molecular complexity index is 688. The quantitative estimate of drug-likeness (QED) is 0.762. The molecule has 1 atom stereocenters. The first kappa shape index (κ1) is 20.4. The highest BCUT2D eigenvalue weighted by molar-refractivity contribution is 5.74. The molecule has 1 fully saturated rings. The van der Waals surface area contributed by atoms with E-state index in [1.54, 1.807) is 6.20 Å². The van der Waals surface area contributed by atoms with E-state index in [1.807, 2.05) is 17.4 Å². The van der Waals surface area contributed by atoms with Crippen LogP contribution in [0, 0.1) is 0 Å². The second kappa shape index (κ2) is 10.9. The van der Waals surface area contributed by atoms with Crippen LogP contribution in [-0.2, 0) is 6.42 Å². The van der Waals surface area contributed by atoms with Gasteiger partial charge >= 0.3 is 6.03 Å². The number of carbonyl (C=O) groups is 1. The van der Waals surface area contributed by atoms with Crippen LogP contribution in [0.4, 0.5) is 4.79 Å². The molecule has 2 heterocycles. The van der Waals surface area contributed by atoms with E-state index in [-0.39, 0.29) is 6.03 Å². The molecule has 0 radical (unpaired) electrons. The fourth-order valence-corrected chi connectivity index (χ4v) is 3.73. The van der Waals surface area contributed by atoms with Crippen LogP contribution in [0.1, 0.15) is 37.8 Å². The molecule has 1 aliphatic heterocycles. The SMILES string of the molecule is C[C@@H](CCNC(=O)N1CCCN(CCCc2ccccc2)CC1)n1ccnc1. The summed E-state index contributed by atoms with van der Waals surface area (Å²) in [6.45, 7) is 7.64. The molecule has 6 heteroatoms. The first-order chi connectivity index (χ1) is 13.7. The van der Waals surface area contributed by atoms with Crippen LogP contribution < -0.4 is 5.32 Å². The summed E-state index contributed by atoms with van der Waals surface area (Å²) in [5.74, 6) is 0. The molecule has 2 amide bonds. The molecule has 1 aromatic heterocycles. The zero-order chi connectivity index (χ0) is 19.6. The highest BCUT2D eigenvalue weighted by atomic mass is 16.2. The smallest absolute Gasteiger partial charge is 0.317 e. The number of hydrogen-bond acceptors (Lipinski definition) is 3. The standard InChI is InChI=1S/C22H33N5O/c1-20(27-16-12-23-19-27)10-11-24-22(28)26-15-6-14-25(17-18-26)13-5-9-21-7-3-2-4-8-21/h2-4,7-8,12,16,19-20H,5-6,9-11,13-15,17-18H2,1H3,(H,24,28)/t20-/m0/s1. The van der Waals surface area contributed by atoms with E-state index in [0.717, 1.165) is 52.0 Å². The Morgan fingerprint density at radius 2 is 2.04 bits per heavy atom. The Balaban J connectivity index is 1.33. The zero-order valence-corrected chi connectivity index (χ0v) is 17.0. The van der Waals surface area contributed by atoms with Crippen LogP contribution in [0.5, 0.6) is 0 Å². The molecule has 2 aromatic rings. The van der Waals surface area contributed by atoms with Gasteiger partial charge in [-0.1, -0.05) is 30.3 Å². The summed E-state index contributed by atoms with van der Waals surface area (Å²) in [7, 11) is 0. The first-order valence-electron chi connectivity index (χ1n) is 10.5. The van der Waals surface area contributed by atoms with E-state index in [9.17, 15) is 4.79 Å². The molecular formula is C22H33N5O. The summed E-state index contributed by atoms with van der Waals surface area (Å²) in [4.78, 5) is 21.0. The van der Waals surface area contributed by atoms with E-state index in [1.165, 1.54) is 12.0 Å². The Morgan fingerprint density at radius 1 is 1.18 bits per heavy atom. The number of aryl methyl sites for hydroxylation is 1. The minimum absolute atomic E-state index is 0.0731. The van der Waals surface area contributed by atoms with Gasteiger partial charge in [0.25, 0.3) is 0 Å². The third kappa shape index (κ3) is 6.37. The number of carbonyl (C=O) groups excluding carboxylic acids is 1. The van der Waals surface area contributed by atoms with Gasteiger partial charge in [0.15, 0.2) is 0 Å². The van der Waals surface area contributed by atoms with Crippen LogP contribution in [0.15, 0.2) is 49.1 Å². The van der Waals surface area contributed by atoms with Crippen molar-refractivity contribution in [1.82, 2.24) is 24.7 Å². The van der Waals surface area contributed by atoms with Gasteiger partial charge in [0.05, 0.1) is 6.33 Å². The van der Waals surface area contributed by atoms with Crippen molar-refractivity contribution in [1.29, 1.82) is 0 Å². The average molecular weight is 384 g/mol. The predicted molar refractivity (Wildman–Crippen MR) is 112 cm³/mol. The number of aromatic nitrogens is 2. The van der Waals surface area contributed by atoms with Crippen molar-refractivity contribution in [2.75, 3.05) is 39.3 Å². The van der Waals surface area contributed by atoms with Crippen LogP contribution in [-0.4, -0.2) is 64.7 Å². The lowest BCUT2D eigenvalue weighted by Crippen LogP contribution is -2.42. The largest absolute Gasteiger partial charge is 0.338 e. The second-order valence-corrected chi connectivity index (χ2v) is 7.65. The van der Waals surface area contributed by atoms with Crippen molar-refractivity contribution >= 4 is 6.03 Å². The van der Waals surface area contributed by atoms with Gasteiger partial charge in [0, 0.05) is 44.6 Å². The Morgan fingerprint density at radius 3 is 2.82 bits per heavy atom. The molecule has 1 N–H and O–H groups in total. The minimum Gasteiger partial charge on any atom is -0.338 e. The summed E-state index contributed by atoms with van der Waals surface area (Å²) in [5.41, 5.74) is 1.41. The van der Waals surface area contributed by atoms with Gasteiger partial charge in [0.1, 0.15) is 0 Å². The Hall–Kier alpha value is -2.34. The van der Waals surface area contributed by atoms with E-state index >= 15 is 0 Å². The molecule has 1 aromatic carbocycles. The topological polar surface area (TPSA) is 53.4 Å². The maximum absolute atomic E-state index is 12.5. The van der Waals surface area contributed by atoms with Crippen molar-refractivity contribution in [3.8, 4) is 0 Å². The predicted octanol–water partition coefficient (Wildman–Crippen LogP) is 3.18. The summed E-state index contributed by atoms with van der Waals surface area (Å²) in [6.07, 6.45) is 9.82. The maximum atomic E-state index is 12.5. The number of hydrogen-bond donors (Lipinski definition) is 1. The molecule has 1 saturated heterocycles. The van der Waals surface area contributed by atoms with E-state index in [4.69, 9.17) is 0 Å². The summed E-state index contributed by atoms with van der Waals surface area (Å²) >= 11 is 0. The lowest BCUT2D eigenvalue weighted by molar-refractivity contribution is 0.197. The summed E-state index contributed by atoms with van der Waals surface area (Å²) in [5, 5.41) is 3.09. The van der Waals surface area contributed by atoms with Crippen molar-refractivity contribution in [2.45, 2.75) is 38.6 Å². The number of benzene rings is 1. The second-order valence-electron chi connectivity index (χ2n) is 7.65. The molecule has 0 bridgehead atoms. The van der Waals surface area contributed by atoms with Crippen LogP contribution in [0.2, 0.25) is 0 Å². The van der Waals surface area contributed by atoms with Gasteiger partial charge in [-0.2, -0.15) is 0 Å². The Labute approximate surface area is 168 Å². The number of rotatable bonds is 8. The van der Waals surface area contributed by atoms with Crippen molar-refractivity contribution < 1.29 is 4.79 Å². The van der Waals surface area contributed by atoms with Crippen molar-refractivity contribution in [3.63, 3.8) is 0 Å². The number of urea groups is 1. The number of nitrogens with one attached hydrogen (secondary N) is 1. The zero-order valence-electron chi connectivity index (χ0n) is 17.0. The minimum atomic E-state index is 0.0731. The third-order valence-electron chi connectivity index (χ3n) is 5.53. The molecule has 3 rings (SSSR count). The van der Waals surface area contributed by atoms with Gasteiger partial charge < -0.3 is 19.7 Å². The van der Waals surface area contributed by atoms with Gasteiger partial charge in [-0.25, -0.2) is 9.78 Å². The van der Waals surface area contributed by atoms with Crippen LogP contribution in [0.25, 0.3) is 0 Å². The summed E-state index contributed by atoms with van der Waals surface area (Å²) < 4.78 is 2.07. The lowest BCUT2D eigenvalue weighted by atomic mass is 10.1. The summed E-state index contributed by atoms with van der Waals surface area (Å²) in [6, 6.07) is 11.1. The fourth-order valence-electron chi connectivity index (χ4n) is 3.73. The normalized spacial score (nSPS) is 16.5. The average Bonchev–Trinajstić information content (AvgIpc) is 3.15. The molecule has 0 unspecified atom stereocenters. The first-order valence-corrected chi connectivity index (χ1v) is 10.5. The maximum Gasteiger partial charge on any atom is 0.317 e. The molecule has 28 heavy (non-hydrogen) atoms.